The third-order valence-electron chi connectivity index (χ3n) is 3.11. The van der Waals surface area contributed by atoms with E-state index in [0.717, 1.165) is 11.3 Å². The minimum Gasteiger partial charge on any atom is -0.338 e. The summed E-state index contributed by atoms with van der Waals surface area (Å²) in [5.74, 6) is -0.438. The van der Waals surface area contributed by atoms with Crippen molar-refractivity contribution < 1.29 is 14.4 Å². The Morgan fingerprint density at radius 3 is 2.75 bits per heavy atom. The molecule has 88 valence electrons. The van der Waals surface area contributed by atoms with E-state index in [9.17, 15) is 14.4 Å². The number of nitrogens with one attached hydrogen (secondary N) is 1. The van der Waals surface area contributed by atoms with E-state index >= 15 is 0 Å². The van der Waals surface area contributed by atoms with Crippen molar-refractivity contribution in [3.63, 3.8) is 0 Å². The Kier molecular flexibility index (Phi) is 2.80. The van der Waals surface area contributed by atoms with Crippen LogP contribution in [-0.2, 0) is 9.59 Å². The Morgan fingerprint density at radius 2 is 2.06 bits per heavy atom. The molecule has 0 saturated carbocycles. The average molecular weight is 225 g/mol. The number of imide groups is 1. The molecule has 0 aromatic carbocycles. The molecule has 2 aliphatic rings. The zero-order chi connectivity index (χ0) is 11.7. The molecule has 2 aliphatic heterocycles. The molecule has 0 aromatic heterocycles. The van der Waals surface area contributed by atoms with Crippen LogP contribution in [0.4, 0.5) is 4.79 Å². The first kappa shape index (κ1) is 10.9. The molecular formula is C10H15N3O3. The fourth-order valence-electron chi connectivity index (χ4n) is 2.13. The molecule has 0 radical (unpaired) electrons. The van der Waals surface area contributed by atoms with Gasteiger partial charge < -0.3 is 10.2 Å². The number of piperidine rings is 1. The summed E-state index contributed by atoms with van der Waals surface area (Å²) in [6.45, 7) is 1.25. The number of carbonyl (C=O) groups excluding carboxylic acids is 3. The van der Waals surface area contributed by atoms with Crippen molar-refractivity contribution in [3.05, 3.63) is 0 Å². The van der Waals surface area contributed by atoms with Gasteiger partial charge in [-0.1, -0.05) is 0 Å². The Hall–Kier alpha value is -1.59. The Balaban J connectivity index is 2.11. The summed E-state index contributed by atoms with van der Waals surface area (Å²) in [4.78, 5) is 37.4. The summed E-state index contributed by atoms with van der Waals surface area (Å²) < 4.78 is 0. The summed E-state index contributed by atoms with van der Waals surface area (Å²) in [5.41, 5.74) is 0. The van der Waals surface area contributed by atoms with Crippen LogP contribution < -0.4 is 5.32 Å². The lowest BCUT2D eigenvalue weighted by Gasteiger charge is -2.37. The van der Waals surface area contributed by atoms with Gasteiger partial charge in [-0.25, -0.2) is 4.79 Å². The summed E-state index contributed by atoms with van der Waals surface area (Å²) in [6.07, 6.45) is 1.61. The molecular weight excluding hydrogens is 210 g/mol. The highest BCUT2D eigenvalue weighted by atomic mass is 16.2. The van der Waals surface area contributed by atoms with Crippen LogP contribution in [0.5, 0.6) is 0 Å². The molecule has 4 amide bonds. The van der Waals surface area contributed by atoms with Crippen LogP contribution in [0, 0.1) is 0 Å². The molecule has 2 fully saturated rings. The number of hydrogen-bond donors (Lipinski definition) is 1. The molecule has 2 heterocycles. The van der Waals surface area contributed by atoms with Crippen molar-refractivity contribution in [3.8, 4) is 0 Å². The molecule has 6 nitrogen and oxygen atoms in total. The van der Waals surface area contributed by atoms with Crippen molar-refractivity contribution in [1.82, 2.24) is 15.1 Å². The molecule has 2 saturated heterocycles. The number of rotatable bonds is 1. The predicted octanol–water partition coefficient (Wildman–Crippen LogP) is -0.451. The van der Waals surface area contributed by atoms with E-state index < -0.39 is 6.04 Å². The van der Waals surface area contributed by atoms with Gasteiger partial charge in [-0.05, 0) is 12.8 Å². The third-order valence-corrected chi connectivity index (χ3v) is 3.11. The normalized spacial score (nSPS) is 27.1. The van der Waals surface area contributed by atoms with E-state index in [1.54, 1.807) is 0 Å². The van der Waals surface area contributed by atoms with Gasteiger partial charge in [-0.3, -0.25) is 14.5 Å². The van der Waals surface area contributed by atoms with Crippen molar-refractivity contribution in [2.24, 2.45) is 0 Å². The van der Waals surface area contributed by atoms with Gasteiger partial charge in [-0.15, -0.1) is 0 Å². The summed E-state index contributed by atoms with van der Waals surface area (Å²) in [7, 11) is 1.47. The first-order valence-electron chi connectivity index (χ1n) is 5.46. The zero-order valence-electron chi connectivity index (χ0n) is 9.23. The first-order valence-corrected chi connectivity index (χ1v) is 5.46. The topological polar surface area (TPSA) is 69.7 Å². The maximum atomic E-state index is 11.9. The molecule has 1 N–H and O–H groups in total. The van der Waals surface area contributed by atoms with E-state index in [2.05, 4.69) is 5.32 Å². The largest absolute Gasteiger partial charge is 0.338 e. The minimum absolute atomic E-state index is 0.168. The predicted molar refractivity (Wildman–Crippen MR) is 55.5 cm³/mol. The molecule has 0 aliphatic carbocycles. The number of nitrogens with zero attached hydrogens (tertiary/aromatic N) is 2. The molecule has 0 aromatic rings. The van der Waals surface area contributed by atoms with Crippen LogP contribution >= 0.6 is 0 Å². The lowest BCUT2D eigenvalue weighted by Crippen LogP contribution is -2.59. The van der Waals surface area contributed by atoms with Crippen molar-refractivity contribution in [2.45, 2.75) is 25.3 Å². The van der Waals surface area contributed by atoms with Gasteiger partial charge >= 0.3 is 6.03 Å². The van der Waals surface area contributed by atoms with Gasteiger partial charge in [0.2, 0.25) is 5.91 Å². The van der Waals surface area contributed by atoms with Crippen LogP contribution in [0.1, 0.15) is 19.3 Å². The monoisotopic (exact) mass is 225 g/mol. The molecule has 0 spiro atoms. The smallest absolute Gasteiger partial charge is 0.318 e. The van der Waals surface area contributed by atoms with Gasteiger partial charge in [-0.2, -0.15) is 0 Å². The summed E-state index contributed by atoms with van der Waals surface area (Å²) in [5, 5.41) is 2.71. The minimum atomic E-state index is -0.469. The van der Waals surface area contributed by atoms with Gasteiger partial charge in [0.15, 0.2) is 0 Å². The number of carbonyl (C=O) groups is 3. The number of urea groups is 1. The molecule has 6 heteroatoms. The number of amides is 4. The maximum Gasteiger partial charge on any atom is 0.318 e. The van der Waals surface area contributed by atoms with Gasteiger partial charge in [0.25, 0.3) is 5.91 Å². The number of likely N-dealkylation sites (N-methyl/N-ethyl adjacent to an activating group) is 1. The van der Waals surface area contributed by atoms with Crippen LogP contribution in [0.25, 0.3) is 0 Å². The highest BCUT2D eigenvalue weighted by Crippen LogP contribution is 2.18. The lowest BCUT2D eigenvalue weighted by atomic mass is 10.0. The van der Waals surface area contributed by atoms with E-state index in [1.165, 1.54) is 11.9 Å². The number of hydrogen-bond acceptors (Lipinski definition) is 3. The Labute approximate surface area is 93.6 Å². The van der Waals surface area contributed by atoms with Gasteiger partial charge in [0.05, 0.1) is 0 Å². The van der Waals surface area contributed by atoms with Crippen molar-refractivity contribution in [1.29, 1.82) is 0 Å². The highest BCUT2D eigenvalue weighted by Gasteiger charge is 2.38. The van der Waals surface area contributed by atoms with Crippen LogP contribution in [0.3, 0.4) is 0 Å². The third kappa shape index (κ3) is 1.75. The Morgan fingerprint density at radius 1 is 1.31 bits per heavy atom. The second-order valence-electron chi connectivity index (χ2n) is 4.12. The fraction of sp³-hybridized carbons (Fsp3) is 0.700. The molecule has 1 atom stereocenters. The van der Waals surface area contributed by atoms with E-state index in [4.69, 9.17) is 0 Å². The first-order chi connectivity index (χ1) is 7.61. The highest BCUT2D eigenvalue weighted by molar-refractivity contribution is 6.01. The zero-order valence-corrected chi connectivity index (χ0v) is 9.23. The average Bonchev–Trinajstić information content (AvgIpc) is 2.28. The van der Waals surface area contributed by atoms with E-state index in [1.807, 2.05) is 0 Å². The summed E-state index contributed by atoms with van der Waals surface area (Å²) in [6, 6.07) is -0.671. The fourth-order valence-corrected chi connectivity index (χ4v) is 2.13. The summed E-state index contributed by atoms with van der Waals surface area (Å²) >= 11 is 0. The van der Waals surface area contributed by atoms with Crippen molar-refractivity contribution in [2.75, 3.05) is 20.1 Å². The standard InChI is InChI=1S/C10H15N3O3/c1-12-8(14)4-3-7(9(12)15)13-6-2-5-11-10(13)16/h7H,2-6H2,1H3,(H,11,16). The molecule has 16 heavy (non-hydrogen) atoms. The van der Waals surface area contributed by atoms with Gasteiger partial charge in [0, 0.05) is 26.6 Å². The van der Waals surface area contributed by atoms with Crippen LogP contribution in [0.2, 0.25) is 0 Å². The van der Waals surface area contributed by atoms with Crippen molar-refractivity contribution >= 4 is 17.8 Å². The van der Waals surface area contributed by atoms with Crippen LogP contribution in [0.15, 0.2) is 0 Å². The second-order valence-corrected chi connectivity index (χ2v) is 4.12. The quantitative estimate of drug-likeness (QED) is 0.614. The lowest BCUT2D eigenvalue weighted by molar-refractivity contribution is -0.150. The molecule has 2 rings (SSSR count). The Bertz CT molecular complexity index is 342. The second kappa shape index (κ2) is 4.11. The SMILES string of the molecule is CN1C(=O)CCC(N2CCCNC2=O)C1=O. The van der Waals surface area contributed by atoms with E-state index in [0.29, 0.717) is 25.9 Å². The molecule has 0 bridgehead atoms. The van der Waals surface area contributed by atoms with E-state index in [-0.39, 0.29) is 17.8 Å². The van der Waals surface area contributed by atoms with Crippen LogP contribution in [-0.4, -0.2) is 53.8 Å². The molecule has 1 unspecified atom stereocenters. The maximum absolute atomic E-state index is 11.9. The van der Waals surface area contributed by atoms with Gasteiger partial charge in [0.1, 0.15) is 6.04 Å². The number of likely N-dealkylation sites (tertiary alicyclic amines) is 1.